The molecule has 0 radical (unpaired) electrons. The van der Waals surface area contributed by atoms with E-state index < -0.39 is 0 Å². The molecule has 1 N–H and O–H groups in total. The molecule has 0 aliphatic carbocycles. The third-order valence-corrected chi connectivity index (χ3v) is 4.98. The van der Waals surface area contributed by atoms with Gasteiger partial charge in [0, 0.05) is 26.9 Å². The topological polar surface area (TPSA) is 12.0 Å². The van der Waals surface area contributed by atoms with Crippen LogP contribution in [0.25, 0.3) is 0 Å². The Kier molecular flexibility index (Phi) is 3.72. The zero-order valence-corrected chi connectivity index (χ0v) is 12.3. The lowest BCUT2D eigenvalue weighted by Gasteiger charge is -2.17. The summed E-state index contributed by atoms with van der Waals surface area (Å²) in [4.78, 5) is 1.33. The Morgan fingerprint density at radius 1 is 1.11 bits per heavy atom. The highest BCUT2D eigenvalue weighted by Gasteiger charge is 2.22. The summed E-state index contributed by atoms with van der Waals surface area (Å²) in [7, 11) is 0. The van der Waals surface area contributed by atoms with Crippen molar-refractivity contribution in [2.75, 3.05) is 5.32 Å². The maximum atomic E-state index is 5.97. The second kappa shape index (κ2) is 5.48. The molecule has 1 heterocycles. The predicted octanol–water partition coefficient (Wildman–Crippen LogP) is 5.38. The molecule has 2 aromatic carbocycles. The van der Waals surface area contributed by atoms with Gasteiger partial charge in [-0.1, -0.05) is 35.9 Å². The second-order valence-electron chi connectivity index (χ2n) is 4.94. The fourth-order valence-corrected chi connectivity index (χ4v) is 3.94. The van der Waals surface area contributed by atoms with Crippen LogP contribution in [0.1, 0.15) is 24.2 Å². The summed E-state index contributed by atoms with van der Waals surface area (Å²) < 4.78 is 0. The van der Waals surface area contributed by atoms with Crippen molar-refractivity contribution in [2.24, 2.45) is 0 Å². The van der Waals surface area contributed by atoms with Crippen molar-refractivity contribution in [3.8, 4) is 0 Å². The van der Waals surface area contributed by atoms with Crippen molar-refractivity contribution in [1.29, 1.82) is 0 Å². The molecule has 0 spiro atoms. The van der Waals surface area contributed by atoms with Crippen LogP contribution in [0.4, 0.5) is 5.69 Å². The van der Waals surface area contributed by atoms with Crippen LogP contribution in [0.15, 0.2) is 53.4 Å². The normalized spacial score (nSPS) is 22.2. The van der Waals surface area contributed by atoms with Crippen LogP contribution in [-0.2, 0) is 0 Å². The Morgan fingerprint density at radius 3 is 2.63 bits per heavy atom. The molecular formula is C16H16ClNS. The second-order valence-corrected chi connectivity index (χ2v) is 6.62. The van der Waals surface area contributed by atoms with Crippen LogP contribution < -0.4 is 5.32 Å². The van der Waals surface area contributed by atoms with E-state index in [0.29, 0.717) is 11.3 Å². The number of thioether (sulfide) groups is 1. The van der Waals surface area contributed by atoms with Gasteiger partial charge in [-0.15, -0.1) is 11.8 Å². The molecule has 0 unspecified atom stereocenters. The molecule has 2 aromatic rings. The number of halogens is 1. The molecule has 3 heteroatoms. The molecule has 0 amide bonds. The van der Waals surface area contributed by atoms with E-state index in [1.165, 1.54) is 16.1 Å². The lowest BCUT2D eigenvalue weighted by atomic mass is 10.1. The van der Waals surface area contributed by atoms with E-state index in [1.54, 1.807) is 0 Å². The Morgan fingerprint density at radius 2 is 1.84 bits per heavy atom. The fourth-order valence-electron chi connectivity index (χ4n) is 2.42. The van der Waals surface area contributed by atoms with Gasteiger partial charge in [-0.05, 0) is 43.2 Å². The number of rotatable bonds is 1. The molecule has 19 heavy (non-hydrogen) atoms. The van der Waals surface area contributed by atoms with Crippen molar-refractivity contribution >= 4 is 29.1 Å². The highest BCUT2D eigenvalue weighted by Crippen LogP contribution is 2.44. The van der Waals surface area contributed by atoms with E-state index in [2.05, 4.69) is 48.6 Å². The van der Waals surface area contributed by atoms with E-state index in [9.17, 15) is 0 Å². The minimum atomic E-state index is 0.469. The van der Waals surface area contributed by atoms with Gasteiger partial charge in [0.25, 0.3) is 0 Å². The van der Waals surface area contributed by atoms with Gasteiger partial charge >= 0.3 is 0 Å². The molecule has 1 nitrogen and oxygen atoms in total. The summed E-state index contributed by atoms with van der Waals surface area (Å²) >= 11 is 7.91. The Labute approximate surface area is 123 Å². The Hall–Kier alpha value is -1.12. The molecule has 2 atom stereocenters. The standard InChI is InChI=1S/C16H16ClNS/c1-11-10-16(12-6-8-13(17)9-7-12)19-15-5-3-2-4-14(15)18-11/h2-9,11,16,18H,10H2,1H3/t11-,16+/m1/s1. The van der Waals surface area contributed by atoms with E-state index >= 15 is 0 Å². The van der Waals surface area contributed by atoms with Gasteiger partial charge in [0.05, 0.1) is 0 Å². The zero-order chi connectivity index (χ0) is 13.2. The SMILES string of the molecule is C[C@@H]1C[C@@H](c2ccc(Cl)cc2)Sc2ccccc2N1. The predicted molar refractivity (Wildman–Crippen MR) is 84.2 cm³/mol. The van der Waals surface area contributed by atoms with Crippen LogP contribution in [0.2, 0.25) is 5.02 Å². The van der Waals surface area contributed by atoms with Gasteiger partial charge < -0.3 is 5.32 Å². The molecule has 0 saturated heterocycles. The third kappa shape index (κ3) is 2.90. The van der Waals surface area contributed by atoms with Crippen molar-refractivity contribution in [1.82, 2.24) is 0 Å². The summed E-state index contributed by atoms with van der Waals surface area (Å²) in [6, 6.07) is 17.2. The lowest BCUT2D eigenvalue weighted by Crippen LogP contribution is -2.15. The average Bonchev–Trinajstić information content (AvgIpc) is 2.57. The van der Waals surface area contributed by atoms with E-state index in [0.717, 1.165) is 11.4 Å². The number of nitrogens with one attached hydrogen (secondary N) is 1. The van der Waals surface area contributed by atoms with Crippen molar-refractivity contribution in [2.45, 2.75) is 29.5 Å². The average molecular weight is 290 g/mol. The molecule has 1 aliphatic rings. The molecule has 98 valence electrons. The van der Waals surface area contributed by atoms with Gasteiger partial charge in [0.2, 0.25) is 0 Å². The number of para-hydroxylation sites is 1. The first-order valence-corrected chi connectivity index (χ1v) is 7.76. The van der Waals surface area contributed by atoms with Crippen LogP contribution in [0, 0.1) is 0 Å². The van der Waals surface area contributed by atoms with Crippen LogP contribution in [0.3, 0.4) is 0 Å². The Balaban J connectivity index is 1.93. The third-order valence-electron chi connectivity index (χ3n) is 3.37. The number of hydrogen-bond donors (Lipinski definition) is 1. The molecule has 1 aliphatic heterocycles. The van der Waals surface area contributed by atoms with Crippen molar-refractivity contribution in [3.05, 3.63) is 59.1 Å². The van der Waals surface area contributed by atoms with Crippen molar-refractivity contribution in [3.63, 3.8) is 0 Å². The summed E-state index contributed by atoms with van der Waals surface area (Å²) in [5.41, 5.74) is 2.59. The van der Waals surface area contributed by atoms with Crippen LogP contribution in [0.5, 0.6) is 0 Å². The first-order chi connectivity index (χ1) is 9.22. The number of hydrogen-bond acceptors (Lipinski definition) is 2. The highest BCUT2D eigenvalue weighted by atomic mass is 35.5. The van der Waals surface area contributed by atoms with Crippen LogP contribution in [-0.4, -0.2) is 6.04 Å². The number of benzene rings is 2. The molecule has 0 aromatic heterocycles. The summed E-state index contributed by atoms with van der Waals surface area (Å²) in [5, 5.41) is 4.86. The lowest BCUT2D eigenvalue weighted by molar-refractivity contribution is 0.700. The van der Waals surface area contributed by atoms with Gasteiger partial charge in [-0.3, -0.25) is 0 Å². The highest BCUT2D eigenvalue weighted by molar-refractivity contribution is 7.99. The van der Waals surface area contributed by atoms with Crippen LogP contribution >= 0.6 is 23.4 Å². The largest absolute Gasteiger partial charge is 0.382 e. The van der Waals surface area contributed by atoms with Crippen molar-refractivity contribution < 1.29 is 0 Å². The van der Waals surface area contributed by atoms with Gasteiger partial charge in [0.1, 0.15) is 0 Å². The fraction of sp³-hybridized carbons (Fsp3) is 0.250. The van der Waals surface area contributed by atoms with Gasteiger partial charge in [0.15, 0.2) is 0 Å². The quantitative estimate of drug-likeness (QED) is 0.756. The summed E-state index contributed by atoms with van der Waals surface area (Å²) in [5.74, 6) is 0. The molecule has 0 fully saturated rings. The van der Waals surface area contributed by atoms with Gasteiger partial charge in [-0.2, -0.15) is 0 Å². The Bertz CT molecular complexity index is 567. The molecule has 3 rings (SSSR count). The van der Waals surface area contributed by atoms with E-state index in [-0.39, 0.29) is 0 Å². The molecule has 0 bridgehead atoms. The summed E-state index contributed by atoms with van der Waals surface area (Å²) in [6.45, 7) is 2.24. The first-order valence-electron chi connectivity index (χ1n) is 6.50. The first kappa shape index (κ1) is 12.9. The summed E-state index contributed by atoms with van der Waals surface area (Å²) in [6.07, 6.45) is 1.11. The number of fused-ring (bicyclic) bond motifs is 1. The van der Waals surface area contributed by atoms with E-state index in [1.807, 2.05) is 23.9 Å². The number of anilines is 1. The maximum absolute atomic E-state index is 5.97. The zero-order valence-electron chi connectivity index (χ0n) is 10.8. The minimum absolute atomic E-state index is 0.469. The monoisotopic (exact) mass is 289 g/mol. The molecular weight excluding hydrogens is 274 g/mol. The smallest absolute Gasteiger partial charge is 0.0480 e. The van der Waals surface area contributed by atoms with Gasteiger partial charge in [-0.25, -0.2) is 0 Å². The minimum Gasteiger partial charge on any atom is -0.382 e. The van der Waals surface area contributed by atoms with E-state index in [4.69, 9.17) is 11.6 Å². The molecule has 0 saturated carbocycles. The maximum Gasteiger partial charge on any atom is 0.0480 e.